The summed E-state index contributed by atoms with van der Waals surface area (Å²) in [5, 5.41) is 5.12. The van der Waals surface area contributed by atoms with E-state index in [1.54, 1.807) is 30.5 Å². The van der Waals surface area contributed by atoms with Gasteiger partial charge in [-0.1, -0.05) is 42.0 Å². The maximum Gasteiger partial charge on any atom is 0.256 e. The molecule has 0 fully saturated rings. The number of aryl methyl sites for hydroxylation is 1. The Morgan fingerprint density at radius 1 is 0.969 bits per heavy atom. The van der Waals surface area contributed by atoms with E-state index in [1.165, 1.54) is 25.1 Å². The number of anilines is 2. The summed E-state index contributed by atoms with van der Waals surface area (Å²) in [6.45, 7) is 3.28. The highest BCUT2D eigenvalue weighted by Gasteiger charge is 2.18. The van der Waals surface area contributed by atoms with Crippen molar-refractivity contribution < 1.29 is 18.4 Å². The first-order chi connectivity index (χ1) is 15.4. The predicted molar refractivity (Wildman–Crippen MR) is 121 cm³/mol. The lowest BCUT2D eigenvalue weighted by Crippen LogP contribution is -2.14. The van der Waals surface area contributed by atoms with Crippen molar-refractivity contribution >= 4 is 23.2 Å². The Morgan fingerprint density at radius 2 is 1.72 bits per heavy atom. The zero-order valence-corrected chi connectivity index (χ0v) is 17.5. The minimum atomic E-state index is -0.595. The molecule has 4 aromatic rings. The number of aromatic nitrogens is 1. The maximum absolute atomic E-state index is 13.9. The third-order valence-corrected chi connectivity index (χ3v) is 4.78. The number of rotatable bonds is 5. The van der Waals surface area contributed by atoms with Crippen molar-refractivity contribution in [3.05, 3.63) is 89.9 Å². The molecule has 0 aliphatic heterocycles. The molecule has 2 amide bonds. The van der Waals surface area contributed by atoms with Gasteiger partial charge in [-0.3, -0.25) is 9.59 Å². The Balaban J connectivity index is 1.61. The second-order valence-corrected chi connectivity index (χ2v) is 7.27. The molecule has 0 aliphatic rings. The second kappa shape index (κ2) is 8.85. The number of halogens is 1. The Hall–Kier alpha value is -4.26. The molecule has 0 spiro atoms. The van der Waals surface area contributed by atoms with Crippen LogP contribution >= 0.6 is 0 Å². The largest absolute Gasteiger partial charge is 0.436 e. The summed E-state index contributed by atoms with van der Waals surface area (Å²) >= 11 is 0. The average molecular weight is 429 g/mol. The van der Waals surface area contributed by atoms with Crippen LogP contribution < -0.4 is 10.6 Å². The molecule has 0 aliphatic carbocycles. The molecule has 6 nitrogen and oxygen atoms in total. The highest BCUT2D eigenvalue weighted by molar-refractivity contribution is 6.08. The average Bonchev–Trinajstić information content (AvgIpc) is 3.26. The Labute approximate surface area is 184 Å². The molecule has 0 saturated heterocycles. The van der Waals surface area contributed by atoms with Crippen LogP contribution in [-0.4, -0.2) is 16.8 Å². The van der Waals surface area contributed by atoms with E-state index in [2.05, 4.69) is 15.6 Å². The van der Waals surface area contributed by atoms with Gasteiger partial charge >= 0.3 is 0 Å². The molecular weight excluding hydrogens is 409 g/mol. The summed E-state index contributed by atoms with van der Waals surface area (Å²) in [6, 6.07) is 18.7. The number of hydrogen-bond donors (Lipinski definition) is 2. The van der Waals surface area contributed by atoms with Gasteiger partial charge in [-0.25, -0.2) is 9.37 Å². The van der Waals surface area contributed by atoms with E-state index in [4.69, 9.17) is 4.42 Å². The molecule has 4 rings (SSSR count). The van der Waals surface area contributed by atoms with E-state index < -0.39 is 17.6 Å². The maximum atomic E-state index is 13.9. The van der Waals surface area contributed by atoms with Crippen molar-refractivity contribution in [2.75, 3.05) is 10.6 Å². The van der Waals surface area contributed by atoms with Crippen molar-refractivity contribution in [3.8, 4) is 22.8 Å². The van der Waals surface area contributed by atoms with Crippen molar-refractivity contribution in [3.63, 3.8) is 0 Å². The quantitative estimate of drug-likeness (QED) is 0.428. The molecule has 0 atom stereocenters. The molecule has 1 heterocycles. The number of benzene rings is 3. The van der Waals surface area contributed by atoms with Gasteiger partial charge in [0.1, 0.15) is 5.82 Å². The lowest BCUT2D eigenvalue weighted by molar-refractivity contribution is -0.114. The highest BCUT2D eigenvalue weighted by atomic mass is 19.1. The topological polar surface area (TPSA) is 84.2 Å². The van der Waals surface area contributed by atoms with E-state index >= 15 is 0 Å². The monoisotopic (exact) mass is 429 g/mol. The smallest absolute Gasteiger partial charge is 0.256 e. The molecule has 0 saturated carbocycles. The van der Waals surface area contributed by atoms with Gasteiger partial charge in [-0.15, -0.1) is 0 Å². The number of oxazole rings is 1. The summed E-state index contributed by atoms with van der Waals surface area (Å²) in [5.41, 5.74) is 3.20. The highest BCUT2D eigenvalue weighted by Crippen LogP contribution is 2.29. The number of hydrogen-bond acceptors (Lipinski definition) is 4. The molecule has 1 aromatic heterocycles. The first kappa shape index (κ1) is 21.0. The summed E-state index contributed by atoms with van der Waals surface area (Å²) in [4.78, 5) is 28.6. The fraction of sp³-hybridized carbons (Fsp3) is 0.0800. The first-order valence-electron chi connectivity index (χ1n) is 9.91. The summed E-state index contributed by atoms with van der Waals surface area (Å²) in [6.07, 6.45) is 1.62. The van der Waals surface area contributed by atoms with Gasteiger partial charge in [0.2, 0.25) is 11.8 Å². The van der Waals surface area contributed by atoms with Crippen LogP contribution in [0.2, 0.25) is 0 Å². The van der Waals surface area contributed by atoms with Gasteiger partial charge in [0, 0.05) is 23.7 Å². The zero-order chi connectivity index (χ0) is 22.7. The molecule has 160 valence electrons. The van der Waals surface area contributed by atoms with Crippen LogP contribution in [0.1, 0.15) is 22.8 Å². The number of carbonyl (C=O) groups excluding carboxylic acids is 2. The Kier molecular flexibility index (Phi) is 5.81. The normalized spacial score (nSPS) is 10.6. The van der Waals surface area contributed by atoms with Crippen LogP contribution in [-0.2, 0) is 4.79 Å². The van der Waals surface area contributed by atoms with E-state index in [1.807, 2.05) is 31.2 Å². The third kappa shape index (κ3) is 4.57. The Bertz CT molecular complexity index is 1300. The van der Waals surface area contributed by atoms with E-state index in [0.717, 1.165) is 11.1 Å². The first-order valence-corrected chi connectivity index (χ1v) is 9.91. The lowest BCUT2D eigenvalue weighted by atomic mass is 10.1. The summed E-state index contributed by atoms with van der Waals surface area (Å²) in [5.74, 6) is -0.526. The van der Waals surface area contributed by atoms with Crippen molar-refractivity contribution in [1.82, 2.24) is 4.98 Å². The number of amides is 2. The SMILES string of the molecule is CC(=O)Nc1cc(NC(=O)c2ccccc2-c2ncc(-c3ccc(C)cc3)o2)ccc1F. The van der Waals surface area contributed by atoms with Crippen molar-refractivity contribution in [1.29, 1.82) is 0 Å². The minimum absolute atomic E-state index is 0.0148. The third-order valence-electron chi connectivity index (χ3n) is 4.78. The number of carbonyl (C=O) groups is 2. The van der Waals surface area contributed by atoms with Gasteiger partial charge in [-0.2, -0.15) is 0 Å². The van der Waals surface area contributed by atoms with Gasteiger partial charge in [0.25, 0.3) is 5.91 Å². The molecule has 0 unspecified atom stereocenters. The van der Waals surface area contributed by atoms with E-state index in [0.29, 0.717) is 28.5 Å². The van der Waals surface area contributed by atoms with Crippen LogP contribution in [0.3, 0.4) is 0 Å². The van der Waals surface area contributed by atoms with Gasteiger partial charge in [0.05, 0.1) is 17.4 Å². The van der Waals surface area contributed by atoms with Crippen LogP contribution in [0.25, 0.3) is 22.8 Å². The van der Waals surface area contributed by atoms with Crippen molar-refractivity contribution in [2.45, 2.75) is 13.8 Å². The molecule has 0 radical (unpaired) electrons. The van der Waals surface area contributed by atoms with Gasteiger partial charge < -0.3 is 15.1 Å². The molecular formula is C25H20FN3O3. The van der Waals surface area contributed by atoms with E-state index in [9.17, 15) is 14.0 Å². The summed E-state index contributed by atoms with van der Waals surface area (Å²) < 4.78 is 19.8. The molecule has 2 N–H and O–H groups in total. The van der Waals surface area contributed by atoms with Crippen LogP contribution in [0.5, 0.6) is 0 Å². The van der Waals surface area contributed by atoms with E-state index in [-0.39, 0.29) is 5.69 Å². The Morgan fingerprint density at radius 3 is 2.47 bits per heavy atom. The fourth-order valence-corrected chi connectivity index (χ4v) is 3.20. The standard InChI is InChI=1S/C25H20FN3O3/c1-15-7-9-17(10-8-15)23-14-27-25(32-23)20-6-4-3-5-19(20)24(31)29-18-11-12-21(26)22(13-18)28-16(2)30/h3-14H,1-2H3,(H,28,30)(H,29,31). The van der Waals surface area contributed by atoms with Crippen LogP contribution in [0.15, 0.2) is 77.3 Å². The molecule has 0 bridgehead atoms. The van der Waals surface area contributed by atoms with Crippen molar-refractivity contribution in [2.24, 2.45) is 0 Å². The van der Waals surface area contributed by atoms with Gasteiger partial charge in [0.15, 0.2) is 5.76 Å². The number of nitrogens with zero attached hydrogens (tertiary/aromatic N) is 1. The number of nitrogens with one attached hydrogen (secondary N) is 2. The zero-order valence-electron chi connectivity index (χ0n) is 17.5. The minimum Gasteiger partial charge on any atom is -0.436 e. The fourth-order valence-electron chi connectivity index (χ4n) is 3.20. The molecule has 32 heavy (non-hydrogen) atoms. The van der Waals surface area contributed by atoms with Crippen LogP contribution in [0, 0.1) is 12.7 Å². The van der Waals surface area contributed by atoms with Gasteiger partial charge in [-0.05, 0) is 37.3 Å². The molecule has 3 aromatic carbocycles. The lowest BCUT2D eigenvalue weighted by Gasteiger charge is -2.10. The predicted octanol–water partition coefficient (Wildman–Crippen LogP) is 5.67. The molecule has 7 heteroatoms. The second-order valence-electron chi connectivity index (χ2n) is 7.27. The summed E-state index contributed by atoms with van der Waals surface area (Å²) in [7, 11) is 0. The van der Waals surface area contributed by atoms with Crippen LogP contribution in [0.4, 0.5) is 15.8 Å².